The molecule has 0 fully saturated rings. The molecule has 0 aliphatic heterocycles. The Balaban J connectivity index is 3.09. The molecule has 0 aliphatic rings. The molecule has 0 unspecified atom stereocenters. The van der Waals surface area contributed by atoms with Crippen molar-refractivity contribution < 1.29 is 4.79 Å². The molecule has 3 nitrogen and oxygen atoms in total. The third-order valence-corrected chi connectivity index (χ3v) is 2.76. The fraction of sp³-hybridized carbons (Fsp3) is 0.500. The van der Waals surface area contributed by atoms with Gasteiger partial charge in [0.1, 0.15) is 0 Å². The number of nitrogens with two attached hydrogens (primary N) is 1. The van der Waals surface area contributed by atoms with Gasteiger partial charge in [-0.3, -0.25) is 4.79 Å². The lowest BCUT2D eigenvalue weighted by Gasteiger charge is -2.26. The van der Waals surface area contributed by atoms with Crippen molar-refractivity contribution in [2.45, 2.75) is 27.7 Å². The lowest BCUT2D eigenvalue weighted by molar-refractivity contribution is -0.121. The molecular formula is C14H22N2O. The first-order valence-electron chi connectivity index (χ1n) is 6.06. The Morgan fingerprint density at radius 2 is 2.00 bits per heavy atom. The summed E-state index contributed by atoms with van der Waals surface area (Å²) in [4.78, 5) is 13.9. The zero-order chi connectivity index (χ0) is 13.0. The van der Waals surface area contributed by atoms with Crippen molar-refractivity contribution >= 4 is 11.6 Å². The second kappa shape index (κ2) is 5.82. The molecule has 1 amide bonds. The van der Waals surface area contributed by atoms with E-state index in [-0.39, 0.29) is 11.8 Å². The number of amides is 1. The van der Waals surface area contributed by atoms with Gasteiger partial charge in [0, 0.05) is 24.7 Å². The van der Waals surface area contributed by atoms with Gasteiger partial charge in [-0.2, -0.15) is 0 Å². The summed E-state index contributed by atoms with van der Waals surface area (Å²) in [7, 11) is 0. The van der Waals surface area contributed by atoms with Crippen molar-refractivity contribution in [1.82, 2.24) is 0 Å². The molecule has 2 N–H and O–H groups in total. The third-order valence-electron chi connectivity index (χ3n) is 2.76. The zero-order valence-electron chi connectivity index (χ0n) is 11.2. The number of anilines is 1. The predicted molar refractivity (Wildman–Crippen MR) is 72.2 cm³/mol. The zero-order valence-corrected chi connectivity index (χ0v) is 11.2. The maximum Gasteiger partial charge on any atom is 0.229 e. The van der Waals surface area contributed by atoms with E-state index in [2.05, 4.69) is 6.07 Å². The first kappa shape index (κ1) is 13.7. The quantitative estimate of drug-likeness (QED) is 0.868. The number of rotatable bonds is 4. The molecular weight excluding hydrogens is 212 g/mol. The molecule has 0 bridgehead atoms. The highest BCUT2D eigenvalue weighted by atomic mass is 16.2. The summed E-state index contributed by atoms with van der Waals surface area (Å²) >= 11 is 0. The Hall–Kier alpha value is -1.35. The van der Waals surface area contributed by atoms with E-state index in [0.29, 0.717) is 13.1 Å². The first-order chi connectivity index (χ1) is 7.97. The topological polar surface area (TPSA) is 46.3 Å². The van der Waals surface area contributed by atoms with Crippen LogP contribution in [0, 0.1) is 19.8 Å². The SMILES string of the molecule is Cc1ccc(N(CCN)C(=O)C(C)C)c(C)c1. The van der Waals surface area contributed by atoms with Crippen LogP contribution >= 0.6 is 0 Å². The number of carbonyl (C=O) groups is 1. The maximum atomic E-state index is 12.1. The fourth-order valence-electron chi connectivity index (χ4n) is 1.90. The Labute approximate surface area is 104 Å². The van der Waals surface area contributed by atoms with Gasteiger partial charge in [-0.05, 0) is 25.5 Å². The second-order valence-electron chi connectivity index (χ2n) is 4.72. The van der Waals surface area contributed by atoms with Crippen molar-refractivity contribution in [3.05, 3.63) is 29.3 Å². The van der Waals surface area contributed by atoms with Crippen LogP contribution in [0.5, 0.6) is 0 Å². The van der Waals surface area contributed by atoms with E-state index in [0.717, 1.165) is 11.3 Å². The van der Waals surface area contributed by atoms with Crippen LogP contribution < -0.4 is 10.6 Å². The number of aryl methyl sites for hydroxylation is 2. The standard InChI is InChI=1S/C14H22N2O/c1-10(2)14(17)16(8-7-15)13-6-5-11(3)9-12(13)4/h5-6,9-10H,7-8,15H2,1-4H3. The molecule has 94 valence electrons. The van der Waals surface area contributed by atoms with E-state index >= 15 is 0 Å². The molecule has 17 heavy (non-hydrogen) atoms. The van der Waals surface area contributed by atoms with Crippen LogP contribution in [0.15, 0.2) is 18.2 Å². The van der Waals surface area contributed by atoms with Crippen LogP contribution in [0.25, 0.3) is 0 Å². The summed E-state index contributed by atoms with van der Waals surface area (Å²) in [5.41, 5.74) is 8.89. The molecule has 0 aromatic heterocycles. The fourth-order valence-corrected chi connectivity index (χ4v) is 1.90. The number of hydrogen-bond acceptors (Lipinski definition) is 2. The molecule has 0 aliphatic carbocycles. The van der Waals surface area contributed by atoms with Crippen LogP contribution in [-0.4, -0.2) is 19.0 Å². The molecule has 0 spiro atoms. The number of carbonyl (C=O) groups excluding carboxylic acids is 1. The van der Waals surface area contributed by atoms with Crippen LogP contribution in [-0.2, 0) is 4.79 Å². The van der Waals surface area contributed by atoms with Gasteiger partial charge in [0.15, 0.2) is 0 Å². The molecule has 0 saturated carbocycles. The summed E-state index contributed by atoms with van der Waals surface area (Å²) in [5, 5.41) is 0. The molecule has 1 aromatic carbocycles. The van der Waals surface area contributed by atoms with E-state index in [4.69, 9.17) is 5.73 Å². The maximum absolute atomic E-state index is 12.1. The third kappa shape index (κ3) is 3.30. The summed E-state index contributed by atoms with van der Waals surface area (Å²) in [6.45, 7) is 8.95. The number of nitrogens with zero attached hydrogens (tertiary/aromatic N) is 1. The number of hydrogen-bond donors (Lipinski definition) is 1. The van der Waals surface area contributed by atoms with Gasteiger partial charge in [0.25, 0.3) is 0 Å². The lowest BCUT2D eigenvalue weighted by Crippen LogP contribution is -2.38. The summed E-state index contributed by atoms with van der Waals surface area (Å²) in [6.07, 6.45) is 0. The number of benzene rings is 1. The largest absolute Gasteiger partial charge is 0.329 e. The normalized spacial score (nSPS) is 10.7. The molecule has 0 atom stereocenters. The van der Waals surface area contributed by atoms with E-state index in [9.17, 15) is 4.79 Å². The van der Waals surface area contributed by atoms with E-state index in [1.165, 1.54) is 5.56 Å². The lowest BCUT2D eigenvalue weighted by atomic mass is 10.1. The van der Waals surface area contributed by atoms with Gasteiger partial charge in [0.2, 0.25) is 5.91 Å². The summed E-state index contributed by atoms with van der Waals surface area (Å²) in [6, 6.07) is 6.12. The average Bonchev–Trinajstić information content (AvgIpc) is 2.26. The van der Waals surface area contributed by atoms with Crippen molar-refractivity contribution in [2.24, 2.45) is 11.7 Å². The Bertz CT molecular complexity index is 399. The minimum Gasteiger partial charge on any atom is -0.329 e. The van der Waals surface area contributed by atoms with Gasteiger partial charge in [0.05, 0.1) is 0 Å². The van der Waals surface area contributed by atoms with Crippen molar-refractivity contribution in [1.29, 1.82) is 0 Å². The van der Waals surface area contributed by atoms with E-state index in [1.54, 1.807) is 4.90 Å². The second-order valence-corrected chi connectivity index (χ2v) is 4.72. The van der Waals surface area contributed by atoms with E-state index < -0.39 is 0 Å². The molecule has 1 aromatic rings. The first-order valence-corrected chi connectivity index (χ1v) is 6.06. The van der Waals surface area contributed by atoms with Crippen molar-refractivity contribution in [3.63, 3.8) is 0 Å². The molecule has 1 rings (SSSR count). The highest BCUT2D eigenvalue weighted by molar-refractivity contribution is 5.95. The Morgan fingerprint density at radius 1 is 1.35 bits per heavy atom. The van der Waals surface area contributed by atoms with Gasteiger partial charge in [-0.1, -0.05) is 31.5 Å². The minimum atomic E-state index is -0.0118. The van der Waals surface area contributed by atoms with Crippen molar-refractivity contribution in [3.8, 4) is 0 Å². The van der Waals surface area contributed by atoms with Gasteiger partial charge in [-0.15, -0.1) is 0 Å². The summed E-state index contributed by atoms with van der Waals surface area (Å²) in [5.74, 6) is 0.115. The molecule has 0 saturated heterocycles. The van der Waals surface area contributed by atoms with Crippen LogP contribution in [0.1, 0.15) is 25.0 Å². The smallest absolute Gasteiger partial charge is 0.229 e. The Kier molecular flexibility index (Phi) is 4.70. The highest BCUT2D eigenvalue weighted by Crippen LogP contribution is 2.22. The Morgan fingerprint density at radius 3 is 2.47 bits per heavy atom. The highest BCUT2D eigenvalue weighted by Gasteiger charge is 2.19. The molecule has 0 heterocycles. The summed E-state index contributed by atoms with van der Waals surface area (Å²) < 4.78 is 0. The van der Waals surface area contributed by atoms with Crippen LogP contribution in [0.2, 0.25) is 0 Å². The predicted octanol–water partition coefficient (Wildman–Crippen LogP) is 2.25. The minimum absolute atomic E-state index is 0.0118. The molecule has 3 heteroatoms. The van der Waals surface area contributed by atoms with E-state index in [1.807, 2.05) is 39.8 Å². The van der Waals surface area contributed by atoms with Gasteiger partial charge >= 0.3 is 0 Å². The van der Waals surface area contributed by atoms with Crippen molar-refractivity contribution in [2.75, 3.05) is 18.0 Å². The van der Waals surface area contributed by atoms with Crippen LogP contribution in [0.4, 0.5) is 5.69 Å². The average molecular weight is 234 g/mol. The van der Waals surface area contributed by atoms with Gasteiger partial charge in [-0.25, -0.2) is 0 Å². The molecule has 0 radical (unpaired) electrons. The van der Waals surface area contributed by atoms with Crippen LogP contribution in [0.3, 0.4) is 0 Å². The van der Waals surface area contributed by atoms with Gasteiger partial charge < -0.3 is 10.6 Å². The monoisotopic (exact) mass is 234 g/mol.